The Morgan fingerprint density at radius 2 is 1.83 bits per heavy atom. The first-order valence-electron chi connectivity index (χ1n) is 4.09. The van der Waals surface area contributed by atoms with Gasteiger partial charge in [-0.2, -0.15) is 13.2 Å². The molecular formula is C7H11F3N2. The van der Waals surface area contributed by atoms with E-state index in [0.717, 1.165) is 0 Å². The molecule has 1 heterocycles. The average Bonchev–Trinajstić information content (AvgIpc) is 2.56. The molecule has 2 N–H and O–H groups in total. The lowest BCUT2D eigenvalue weighted by Gasteiger charge is -2.33. The van der Waals surface area contributed by atoms with Crippen molar-refractivity contribution in [3.8, 4) is 0 Å². The Morgan fingerprint density at radius 1 is 1.25 bits per heavy atom. The molecule has 0 spiro atoms. The standard InChI is InChI=1S/C7H11F3N2/c8-7(9,10)6(1-2-6)12-5-3-11-4-5/h5,11-12H,1-4H2. The van der Waals surface area contributed by atoms with Crippen LogP contribution >= 0.6 is 0 Å². The molecule has 0 aromatic carbocycles. The Hall–Kier alpha value is -0.290. The van der Waals surface area contributed by atoms with Gasteiger partial charge < -0.3 is 5.32 Å². The summed E-state index contributed by atoms with van der Waals surface area (Å²) in [4.78, 5) is 0. The highest BCUT2D eigenvalue weighted by Gasteiger charge is 2.63. The molecular weight excluding hydrogens is 169 g/mol. The number of hydrogen-bond donors (Lipinski definition) is 2. The van der Waals surface area contributed by atoms with E-state index in [0.29, 0.717) is 13.1 Å². The van der Waals surface area contributed by atoms with Crippen molar-refractivity contribution in [2.75, 3.05) is 13.1 Å². The molecule has 2 rings (SSSR count). The van der Waals surface area contributed by atoms with E-state index >= 15 is 0 Å². The molecule has 2 nitrogen and oxygen atoms in total. The maximum absolute atomic E-state index is 12.3. The van der Waals surface area contributed by atoms with Crippen molar-refractivity contribution in [2.45, 2.75) is 30.6 Å². The Morgan fingerprint density at radius 3 is 2.08 bits per heavy atom. The summed E-state index contributed by atoms with van der Waals surface area (Å²) < 4.78 is 37.0. The number of hydrogen-bond acceptors (Lipinski definition) is 2. The summed E-state index contributed by atoms with van der Waals surface area (Å²) in [6.07, 6.45) is -3.58. The lowest BCUT2D eigenvalue weighted by molar-refractivity contribution is -0.168. The summed E-state index contributed by atoms with van der Waals surface area (Å²) in [5.41, 5.74) is -1.53. The summed E-state index contributed by atoms with van der Waals surface area (Å²) in [5, 5.41) is 5.59. The number of nitrogens with one attached hydrogen (secondary N) is 2. The molecule has 0 aromatic heterocycles. The number of halogens is 3. The second-order valence-electron chi connectivity index (χ2n) is 3.58. The van der Waals surface area contributed by atoms with Crippen molar-refractivity contribution in [1.82, 2.24) is 10.6 Å². The molecule has 12 heavy (non-hydrogen) atoms. The van der Waals surface area contributed by atoms with Crippen LogP contribution < -0.4 is 10.6 Å². The molecule has 2 aliphatic rings. The van der Waals surface area contributed by atoms with Crippen molar-refractivity contribution in [1.29, 1.82) is 0 Å². The molecule has 0 aromatic rings. The Kier molecular flexibility index (Phi) is 1.63. The van der Waals surface area contributed by atoms with Gasteiger partial charge in [0.1, 0.15) is 5.54 Å². The molecule has 1 aliphatic carbocycles. The zero-order valence-corrected chi connectivity index (χ0v) is 6.54. The van der Waals surface area contributed by atoms with Crippen LogP contribution in [0.3, 0.4) is 0 Å². The van der Waals surface area contributed by atoms with E-state index in [2.05, 4.69) is 10.6 Å². The van der Waals surface area contributed by atoms with Crippen LogP contribution in [0.5, 0.6) is 0 Å². The van der Waals surface area contributed by atoms with Gasteiger partial charge in [0.05, 0.1) is 0 Å². The van der Waals surface area contributed by atoms with Gasteiger partial charge in [-0.25, -0.2) is 0 Å². The Balaban J connectivity index is 1.92. The zero-order chi connectivity index (χ0) is 8.82. The molecule has 2 fully saturated rings. The fraction of sp³-hybridized carbons (Fsp3) is 1.00. The van der Waals surface area contributed by atoms with Crippen molar-refractivity contribution in [3.05, 3.63) is 0 Å². The predicted octanol–water partition coefficient (Wildman–Crippen LogP) is 0.643. The van der Waals surface area contributed by atoms with E-state index in [1.807, 2.05) is 0 Å². The minimum Gasteiger partial charge on any atom is -0.314 e. The SMILES string of the molecule is FC(F)(F)C1(NC2CNC2)CC1. The summed E-state index contributed by atoms with van der Waals surface area (Å²) in [6, 6.07) is 0.0223. The van der Waals surface area contributed by atoms with E-state index in [1.54, 1.807) is 0 Å². The molecule has 1 saturated carbocycles. The van der Waals surface area contributed by atoms with Crippen LogP contribution in [-0.4, -0.2) is 30.8 Å². The quantitative estimate of drug-likeness (QED) is 0.651. The topological polar surface area (TPSA) is 24.1 Å². The molecule has 0 bridgehead atoms. The van der Waals surface area contributed by atoms with Crippen molar-refractivity contribution >= 4 is 0 Å². The van der Waals surface area contributed by atoms with Crippen LogP contribution in [0.2, 0.25) is 0 Å². The maximum Gasteiger partial charge on any atom is 0.406 e. The van der Waals surface area contributed by atoms with Gasteiger partial charge in [0.2, 0.25) is 0 Å². The van der Waals surface area contributed by atoms with Gasteiger partial charge >= 0.3 is 6.18 Å². The summed E-state index contributed by atoms with van der Waals surface area (Å²) >= 11 is 0. The molecule has 70 valence electrons. The minimum absolute atomic E-state index is 0.0223. The van der Waals surface area contributed by atoms with Crippen molar-refractivity contribution < 1.29 is 13.2 Å². The predicted molar refractivity (Wildman–Crippen MR) is 37.8 cm³/mol. The molecule has 1 saturated heterocycles. The van der Waals surface area contributed by atoms with Crippen LogP contribution in [0, 0.1) is 0 Å². The summed E-state index contributed by atoms with van der Waals surface area (Å²) in [7, 11) is 0. The molecule has 0 atom stereocenters. The normalized spacial score (nSPS) is 28.2. The maximum atomic E-state index is 12.3. The highest BCUT2D eigenvalue weighted by Crippen LogP contribution is 2.49. The molecule has 0 unspecified atom stereocenters. The third-order valence-corrected chi connectivity index (χ3v) is 2.55. The third kappa shape index (κ3) is 1.21. The second kappa shape index (κ2) is 2.35. The second-order valence-corrected chi connectivity index (χ2v) is 3.58. The van der Waals surface area contributed by atoms with E-state index in [9.17, 15) is 13.2 Å². The van der Waals surface area contributed by atoms with Crippen molar-refractivity contribution in [3.63, 3.8) is 0 Å². The zero-order valence-electron chi connectivity index (χ0n) is 6.54. The van der Waals surface area contributed by atoms with Gasteiger partial charge in [0, 0.05) is 19.1 Å². The van der Waals surface area contributed by atoms with Crippen molar-refractivity contribution in [2.24, 2.45) is 0 Å². The molecule has 5 heteroatoms. The van der Waals surface area contributed by atoms with Gasteiger partial charge in [0.25, 0.3) is 0 Å². The fourth-order valence-corrected chi connectivity index (χ4v) is 1.42. The van der Waals surface area contributed by atoms with Gasteiger partial charge in [-0.3, -0.25) is 5.32 Å². The highest BCUT2D eigenvalue weighted by atomic mass is 19.4. The van der Waals surface area contributed by atoms with Gasteiger partial charge in [0.15, 0.2) is 0 Å². The monoisotopic (exact) mass is 180 g/mol. The van der Waals surface area contributed by atoms with Crippen LogP contribution in [0.4, 0.5) is 13.2 Å². The Bertz CT molecular complexity index is 182. The van der Waals surface area contributed by atoms with E-state index in [1.165, 1.54) is 0 Å². The smallest absolute Gasteiger partial charge is 0.314 e. The van der Waals surface area contributed by atoms with Crippen LogP contribution in [0.15, 0.2) is 0 Å². The third-order valence-electron chi connectivity index (χ3n) is 2.55. The lowest BCUT2D eigenvalue weighted by Crippen LogP contribution is -2.62. The van der Waals surface area contributed by atoms with Crippen LogP contribution in [0.25, 0.3) is 0 Å². The van der Waals surface area contributed by atoms with Gasteiger partial charge in [-0.15, -0.1) is 0 Å². The van der Waals surface area contributed by atoms with E-state index in [-0.39, 0.29) is 18.9 Å². The average molecular weight is 180 g/mol. The van der Waals surface area contributed by atoms with E-state index < -0.39 is 11.7 Å². The fourth-order valence-electron chi connectivity index (χ4n) is 1.42. The minimum atomic E-state index is -4.07. The molecule has 1 aliphatic heterocycles. The molecule has 0 amide bonds. The summed E-state index contributed by atoms with van der Waals surface area (Å²) in [5.74, 6) is 0. The van der Waals surface area contributed by atoms with Gasteiger partial charge in [-0.05, 0) is 12.8 Å². The Labute approximate surface area is 68.5 Å². The molecule has 0 radical (unpaired) electrons. The van der Waals surface area contributed by atoms with E-state index in [4.69, 9.17) is 0 Å². The first-order chi connectivity index (χ1) is 5.54. The largest absolute Gasteiger partial charge is 0.406 e. The summed E-state index contributed by atoms with van der Waals surface area (Å²) in [6.45, 7) is 1.33. The number of alkyl halides is 3. The first kappa shape index (κ1) is 8.31. The van der Waals surface area contributed by atoms with Gasteiger partial charge in [-0.1, -0.05) is 0 Å². The number of rotatable bonds is 2. The van der Waals surface area contributed by atoms with Crippen LogP contribution in [-0.2, 0) is 0 Å². The first-order valence-corrected chi connectivity index (χ1v) is 4.09. The lowest BCUT2D eigenvalue weighted by atomic mass is 10.1. The highest BCUT2D eigenvalue weighted by molar-refractivity contribution is 5.10. The van der Waals surface area contributed by atoms with Crippen LogP contribution in [0.1, 0.15) is 12.8 Å².